The van der Waals surface area contributed by atoms with Crippen LogP contribution in [0.15, 0.2) is 71.8 Å². The maximum absolute atomic E-state index is 13.4. The first-order valence-corrected chi connectivity index (χ1v) is 10.9. The van der Waals surface area contributed by atoms with Gasteiger partial charge in [-0.15, -0.1) is 0 Å². The van der Waals surface area contributed by atoms with Gasteiger partial charge >= 0.3 is 5.97 Å². The van der Waals surface area contributed by atoms with E-state index >= 15 is 0 Å². The highest BCUT2D eigenvalue weighted by Crippen LogP contribution is 2.41. The zero-order chi connectivity index (χ0) is 21.0. The fourth-order valence-electron chi connectivity index (χ4n) is 3.60. The molecule has 0 amide bonds. The first-order chi connectivity index (χ1) is 13.9. The van der Waals surface area contributed by atoms with Crippen LogP contribution in [0.2, 0.25) is 0 Å². The molecule has 0 N–H and O–H groups in total. The van der Waals surface area contributed by atoms with Crippen molar-refractivity contribution < 1.29 is 22.7 Å². The van der Waals surface area contributed by atoms with Gasteiger partial charge in [0.05, 0.1) is 30.6 Å². The molecular weight excluding hydrogens is 390 g/mol. The maximum Gasteiger partial charge on any atom is 0.313 e. The van der Waals surface area contributed by atoms with E-state index in [1.54, 1.807) is 62.6 Å². The third-order valence-corrected chi connectivity index (χ3v) is 6.89. The molecule has 0 fully saturated rings. The minimum atomic E-state index is -3.81. The molecule has 6 nitrogen and oxygen atoms in total. The average molecular weight is 416 g/mol. The van der Waals surface area contributed by atoms with Crippen LogP contribution in [-0.2, 0) is 19.6 Å². The molecule has 0 aliphatic carbocycles. The van der Waals surface area contributed by atoms with Gasteiger partial charge in [-0.1, -0.05) is 43.3 Å². The molecule has 154 valence electrons. The van der Waals surface area contributed by atoms with Crippen LogP contribution in [-0.4, -0.2) is 32.4 Å². The second-order valence-corrected chi connectivity index (χ2v) is 8.69. The summed E-state index contributed by atoms with van der Waals surface area (Å²) in [5.74, 6) is -0.547. The number of hydrogen-bond donors (Lipinski definition) is 0. The number of hydrogen-bond acceptors (Lipinski definition) is 5. The lowest BCUT2D eigenvalue weighted by molar-refractivity contribution is -0.148. The highest BCUT2D eigenvalue weighted by atomic mass is 32.2. The smallest absolute Gasteiger partial charge is 0.313 e. The number of benzene rings is 2. The Morgan fingerprint density at radius 2 is 1.72 bits per heavy atom. The number of carbonyl (C=O) groups excluding carboxylic acids is 1. The van der Waals surface area contributed by atoms with Gasteiger partial charge in [0, 0.05) is 6.20 Å². The average Bonchev–Trinajstić information content (AvgIpc) is 2.74. The van der Waals surface area contributed by atoms with Crippen LogP contribution >= 0.6 is 0 Å². The van der Waals surface area contributed by atoms with Crippen molar-refractivity contribution in [3.63, 3.8) is 0 Å². The minimum absolute atomic E-state index is 0.199. The summed E-state index contributed by atoms with van der Waals surface area (Å²) in [6, 6.07) is 14.9. The molecule has 0 bridgehead atoms. The molecule has 0 radical (unpaired) electrons. The topological polar surface area (TPSA) is 72.9 Å². The Bertz CT molecular complexity index is 970. The molecule has 3 rings (SSSR count). The van der Waals surface area contributed by atoms with Crippen molar-refractivity contribution in [3.8, 4) is 5.75 Å². The third-order valence-electron chi connectivity index (χ3n) is 5.11. The largest absolute Gasteiger partial charge is 0.497 e. The summed E-state index contributed by atoms with van der Waals surface area (Å²) in [7, 11) is -2.23. The first kappa shape index (κ1) is 20.9. The van der Waals surface area contributed by atoms with Gasteiger partial charge in [-0.2, -0.15) is 0 Å². The number of sulfonamides is 1. The van der Waals surface area contributed by atoms with Crippen LogP contribution in [0.25, 0.3) is 0 Å². The van der Waals surface area contributed by atoms with Gasteiger partial charge in [0.1, 0.15) is 5.75 Å². The summed E-state index contributed by atoms with van der Waals surface area (Å²) in [6.45, 7) is 3.89. The number of carbonyl (C=O) groups is 1. The molecule has 1 aliphatic heterocycles. The van der Waals surface area contributed by atoms with Gasteiger partial charge in [-0.25, -0.2) is 8.42 Å². The molecule has 3 atom stereocenters. The summed E-state index contributed by atoms with van der Waals surface area (Å²) in [6.07, 6.45) is 3.10. The number of esters is 1. The van der Waals surface area contributed by atoms with E-state index in [0.717, 1.165) is 5.56 Å². The van der Waals surface area contributed by atoms with Crippen molar-refractivity contribution in [1.82, 2.24) is 4.31 Å². The highest BCUT2D eigenvalue weighted by molar-refractivity contribution is 7.89. The number of rotatable bonds is 6. The fraction of sp³-hybridized carbons (Fsp3) is 0.318. The Kier molecular flexibility index (Phi) is 6.27. The molecule has 7 heteroatoms. The molecule has 1 aliphatic rings. The molecule has 29 heavy (non-hydrogen) atoms. The van der Waals surface area contributed by atoms with E-state index in [1.807, 2.05) is 19.1 Å². The van der Waals surface area contributed by atoms with Crippen LogP contribution < -0.4 is 4.74 Å². The third kappa shape index (κ3) is 4.15. The Hall–Kier alpha value is -2.80. The quantitative estimate of drug-likeness (QED) is 0.672. The molecular formula is C22H25NO5S. The first-order valence-electron chi connectivity index (χ1n) is 9.47. The minimum Gasteiger partial charge on any atom is -0.497 e. The van der Waals surface area contributed by atoms with E-state index in [4.69, 9.17) is 9.47 Å². The van der Waals surface area contributed by atoms with Crippen LogP contribution in [0.5, 0.6) is 5.75 Å². The Balaban J connectivity index is 2.08. The molecule has 2 aromatic carbocycles. The molecule has 0 saturated carbocycles. The van der Waals surface area contributed by atoms with E-state index in [1.165, 1.54) is 10.5 Å². The predicted octanol–water partition coefficient (Wildman–Crippen LogP) is 3.77. The second-order valence-electron chi connectivity index (χ2n) is 6.84. The zero-order valence-electron chi connectivity index (χ0n) is 16.7. The van der Waals surface area contributed by atoms with E-state index in [0.29, 0.717) is 5.75 Å². The molecule has 1 heterocycles. The van der Waals surface area contributed by atoms with E-state index < -0.39 is 22.0 Å². The normalized spacial score (nSPS) is 21.6. The number of methoxy groups -OCH3 is 1. The Labute approximate surface area is 171 Å². The molecule has 0 aromatic heterocycles. The molecule has 0 unspecified atom stereocenters. The summed E-state index contributed by atoms with van der Waals surface area (Å²) >= 11 is 0. The lowest BCUT2D eigenvalue weighted by Crippen LogP contribution is -2.41. The van der Waals surface area contributed by atoms with Crippen LogP contribution in [0, 0.1) is 11.8 Å². The fourth-order valence-corrected chi connectivity index (χ4v) is 5.19. The van der Waals surface area contributed by atoms with Crippen molar-refractivity contribution >= 4 is 16.0 Å². The second kappa shape index (κ2) is 8.69. The van der Waals surface area contributed by atoms with Gasteiger partial charge in [0.15, 0.2) is 0 Å². The summed E-state index contributed by atoms with van der Waals surface area (Å²) in [4.78, 5) is 12.6. The van der Waals surface area contributed by atoms with Crippen molar-refractivity contribution in [3.05, 3.63) is 72.4 Å². The van der Waals surface area contributed by atoms with Gasteiger partial charge in [0.25, 0.3) is 10.0 Å². The molecule has 0 spiro atoms. The maximum atomic E-state index is 13.4. The molecule has 2 aromatic rings. The molecule has 0 saturated heterocycles. The SMILES string of the molecule is CCOC(=O)[C@H]1C=CN(S(=O)(=O)c2ccccc2)[C@H](c2ccc(OC)cc2)[C@H]1C. The zero-order valence-corrected chi connectivity index (χ0v) is 17.5. The van der Waals surface area contributed by atoms with E-state index in [2.05, 4.69) is 0 Å². The Morgan fingerprint density at radius 3 is 2.31 bits per heavy atom. The number of nitrogens with zero attached hydrogens (tertiary/aromatic N) is 1. The van der Waals surface area contributed by atoms with Crippen molar-refractivity contribution in [2.24, 2.45) is 11.8 Å². The summed E-state index contributed by atoms with van der Waals surface area (Å²) in [5, 5.41) is 0. The van der Waals surface area contributed by atoms with Crippen molar-refractivity contribution in [2.75, 3.05) is 13.7 Å². The summed E-state index contributed by atoms with van der Waals surface area (Å²) < 4.78 is 38.5. The highest BCUT2D eigenvalue weighted by Gasteiger charge is 2.42. The standard InChI is InChI=1S/C22H25NO5S/c1-4-28-22(24)20-14-15-23(29(25,26)19-8-6-5-7-9-19)21(16(20)2)17-10-12-18(27-3)13-11-17/h5-16,20-21H,4H2,1-3H3/t16-,20-,21-/m0/s1. The summed E-state index contributed by atoms with van der Waals surface area (Å²) in [5.41, 5.74) is 0.774. The van der Waals surface area contributed by atoms with Gasteiger partial charge in [-0.05, 0) is 42.7 Å². The van der Waals surface area contributed by atoms with Crippen LogP contribution in [0.4, 0.5) is 0 Å². The Morgan fingerprint density at radius 1 is 1.07 bits per heavy atom. The van der Waals surface area contributed by atoms with Crippen molar-refractivity contribution in [2.45, 2.75) is 24.8 Å². The van der Waals surface area contributed by atoms with Gasteiger partial charge in [-0.3, -0.25) is 9.10 Å². The van der Waals surface area contributed by atoms with Gasteiger partial charge < -0.3 is 9.47 Å². The van der Waals surface area contributed by atoms with Gasteiger partial charge in [0.2, 0.25) is 0 Å². The van der Waals surface area contributed by atoms with E-state index in [-0.39, 0.29) is 23.4 Å². The van der Waals surface area contributed by atoms with Crippen molar-refractivity contribution in [1.29, 1.82) is 0 Å². The lowest BCUT2D eigenvalue weighted by Gasteiger charge is -2.40. The lowest BCUT2D eigenvalue weighted by atomic mass is 9.82. The number of ether oxygens (including phenoxy) is 2. The van der Waals surface area contributed by atoms with Crippen LogP contribution in [0.3, 0.4) is 0 Å². The monoisotopic (exact) mass is 415 g/mol. The van der Waals surface area contributed by atoms with E-state index in [9.17, 15) is 13.2 Å². The van der Waals surface area contributed by atoms with Crippen LogP contribution in [0.1, 0.15) is 25.5 Å². The predicted molar refractivity (Wildman–Crippen MR) is 110 cm³/mol.